The number of carbonyl (C=O) groups excluding carboxylic acids is 1. The van der Waals surface area contributed by atoms with Crippen LogP contribution in [0.15, 0.2) is 41.8 Å². The number of carbonyl (C=O) groups is 1. The van der Waals surface area contributed by atoms with Crippen LogP contribution in [0.5, 0.6) is 0 Å². The zero-order valence-electron chi connectivity index (χ0n) is 16.3. The number of nitriles is 1. The van der Waals surface area contributed by atoms with Crippen LogP contribution in [0.4, 0.5) is 5.69 Å². The number of nitrogens with one attached hydrogen (secondary N) is 2. The van der Waals surface area contributed by atoms with E-state index in [0.29, 0.717) is 18.5 Å². The van der Waals surface area contributed by atoms with Gasteiger partial charge in [-0.2, -0.15) is 9.57 Å². The molecule has 7 nitrogen and oxygen atoms in total. The van der Waals surface area contributed by atoms with Gasteiger partial charge in [-0.25, -0.2) is 8.42 Å². The second kappa shape index (κ2) is 9.71. The maximum Gasteiger partial charge on any atom is 0.243 e. The Morgan fingerprint density at radius 1 is 1.25 bits per heavy atom. The minimum atomic E-state index is -3.56. The molecular weight excluding hydrogens is 376 g/mol. The Balaban J connectivity index is 1.95. The van der Waals surface area contributed by atoms with Gasteiger partial charge < -0.3 is 10.6 Å². The number of amides is 1. The summed E-state index contributed by atoms with van der Waals surface area (Å²) in [4.78, 5) is 12.5. The van der Waals surface area contributed by atoms with Crippen molar-refractivity contribution in [2.75, 3.05) is 25.5 Å². The third kappa shape index (κ3) is 5.57. The Hall–Kier alpha value is -2.37. The van der Waals surface area contributed by atoms with Crippen LogP contribution in [0.25, 0.3) is 0 Å². The molecule has 1 aliphatic rings. The first kappa shape index (κ1) is 21.9. The van der Waals surface area contributed by atoms with Crippen molar-refractivity contribution in [1.29, 1.82) is 5.26 Å². The van der Waals surface area contributed by atoms with Gasteiger partial charge in [0.25, 0.3) is 0 Å². The third-order valence-corrected chi connectivity index (χ3v) is 6.79. The van der Waals surface area contributed by atoms with E-state index in [0.717, 1.165) is 25.7 Å². The third-order valence-electron chi connectivity index (χ3n) is 4.95. The molecule has 28 heavy (non-hydrogen) atoms. The number of sulfonamides is 1. The van der Waals surface area contributed by atoms with E-state index in [-0.39, 0.29) is 23.9 Å². The smallest absolute Gasteiger partial charge is 0.243 e. The summed E-state index contributed by atoms with van der Waals surface area (Å²) >= 11 is 0. The molecule has 0 heterocycles. The van der Waals surface area contributed by atoms with Crippen molar-refractivity contribution < 1.29 is 13.2 Å². The molecule has 0 atom stereocenters. The molecule has 0 unspecified atom stereocenters. The van der Waals surface area contributed by atoms with E-state index in [9.17, 15) is 18.5 Å². The zero-order valence-corrected chi connectivity index (χ0v) is 17.1. The molecule has 0 bridgehead atoms. The quantitative estimate of drug-likeness (QED) is 0.512. The molecule has 1 saturated carbocycles. The van der Waals surface area contributed by atoms with Gasteiger partial charge in [-0.05, 0) is 37.1 Å². The maximum absolute atomic E-state index is 12.4. The predicted octanol–water partition coefficient (Wildman–Crippen LogP) is 2.64. The summed E-state index contributed by atoms with van der Waals surface area (Å²) in [7, 11) is -2.07. The summed E-state index contributed by atoms with van der Waals surface area (Å²) in [6, 6.07) is 8.53. The highest BCUT2D eigenvalue weighted by atomic mass is 32.2. The topological polar surface area (TPSA) is 102 Å². The van der Waals surface area contributed by atoms with E-state index in [2.05, 4.69) is 23.3 Å². The molecule has 0 aromatic heterocycles. The zero-order chi connectivity index (χ0) is 20.6. The normalized spacial score (nSPS) is 16.6. The van der Waals surface area contributed by atoms with Crippen molar-refractivity contribution in [2.24, 2.45) is 0 Å². The molecule has 0 radical (unpaired) electrons. The van der Waals surface area contributed by atoms with Gasteiger partial charge in [0, 0.05) is 19.3 Å². The average molecular weight is 405 g/mol. The first-order chi connectivity index (χ1) is 13.3. The minimum absolute atomic E-state index is 0.0197. The Morgan fingerprint density at radius 3 is 2.39 bits per heavy atom. The molecule has 1 aromatic carbocycles. The summed E-state index contributed by atoms with van der Waals surface area (Å²) in [5, 5.41) is 15.4. The van der Waals surface area contributed by atoms with Crippen molar-refractivity contribution >= 4 is 21.6 Å². The molecule has 2 rings (SSSR count). The number of rotatable bonds is 8. The first-order valence-corrected chi connectivity index (χ1v) is 10.9. The van der Waals surface area contributed by atoms with Gasteiger partial charge in [-0.15, -0.1) is 6.58 Å². The molecule has 2 N–H and O–H groups in total. The Kier molecular flexibility index (Phi) is 7.61. The van der Waals surface area contributed by atoms with Crippen LogP contribution in [0.2, 0.25) is 0 Å². The molecular formula is C20H28N4O3S. The van der Waals surface area contributed by atoms with Crippen LogP contribution < -0.4 is 10.6 Å². The highest BCUT2D eigenvalue weighted by Crippen LogP contribution is 2.26. The standard InChI is InChI=1S/C20H28N4O3S/c1-3-14-24(2)28(26,27)18-10-8-17(9-11-18)22-15-19(25)23-20(16-21)12-6-4-5-7-13-20/h3,8-11,22H,1,4-7,12-15H2,2H3,(H,23,25). The van der Waals surface area contributed by atoms with E-state index >= 15 is 0 Å². The Morgan fingerprint density at radius 2 is 1.86 bits per heavy atom. The molecule has 1 amide bonds. The van der Waals surface area contributed by atoms with Crippen molar-refractivity contribution in [1.82, 2.24) is 9.62 Å². The van der Waals surface area contributed by atoms with Crippen LogP contribution in [0.3, 0.4) is 0 Å². The number of nitrogens with zero attached hydrogens (tertiary/aromatic N) is 2. The molecule has 0 aliphatic heterocycles. The van der Waals surface area contributed by atoms with E-state index in [4.69, 9.17) is 0 Å². The fraction of sp³-hybridized carbons (Fsp3) is 0.500. The molecule has 0 spiro atoms. The predicted molar refractivity (Wildman–Crippen MR) is 109 cm³/mol. The first-order valence-electron chi connectivity index (χ1n) is 9.46. The lowest BCUT2D eigenvalue weighted by Gasteiger charge is -2.26. The van der Waals surface area contributed by atoms with Gasteiger partial charge in [-0.3, -0.25) is 4.79 Å². The van der Waals surface area contributed by atoms with Crippen molar-refractivity contribution in [3.8, 4) is 6.07 Å². The molecule has 1 aromatic rings. The minimum Gasteiger partial charge on any atom is -0.376 e. The lowest BCUT2D eigenvalue weighted by Crippen LogP contribution is -2.48. The second-order valence-corrected chi connectivity index (χ2v) is 9.15. The molecule has 8 heteroatoms. The highest BCUT2D eigenvalue weighted by Gasteiger charge is 2.32. The number of benzene rings is 1. The number of hydrogen-bond donors (Lipinski definition) is 2. The largest absolute Gasteiger partial charge is 0.376 e. The Bertz CT molecular complexity index is 820. The number of hydrogen-bond acceptors (Lipinski definition) is 5. The number of anilines is 1. The maximum atomic E-state index is 12.4. The second-order valence-electron chi connectivity index (χ2n) is 7.11. The monoisotopic (exact) mass is 404 g/mol. The van der Waals surface area contributed by atoms with E-state index in [1.165, 1.54) is 29.6 Å². The summed E-state index contributed by atoms with van der Waals surface area (Å²) in [5.41, 5.74) is -0.143. The molecule has 0 saturated heterocycles. The van der Waals surface area contributed by atoms with Crippen LogP contribution in [0, 0.1) is 11.3 Å². The Labute approximate surface area is 167 Å². The summed E-state index contributed by atoms with van der Waals surface area (Å²) in [5.74, 6) is -0.245. The fourth-order valence-corrected chi connectivity index (χ4v) is 4.44. The van der Waals surface area contributed by atoms with Crippen LogP contribution in [-0.4, -0.2) is 44.3 Å². The summed E-state index contributed by atoms with van der Waals surface area (Å²) < 4.78 is 26.0. The van der Waals surface area contributed by atoms with E-state index in [1.807, 2.05) is 0 Å². The summed E-state index contributed by atoms with van der Waals surface area (Å²) in [6.45, 7) is 3.79. The van der Waals surface area contributed by atoms with Crippen LogP contribution >= 0.6 is 0 Å². The van der Waals surface area contributed by atoms with Gasteiger partial charge in [0.15, 0.2) is 0 Å². The molecule has 152 valence electrons. The highest BCUT2D eigenvalue weighted by molar-refractivity contribution is 7.89. The SMILES string of the molecule is C=CCN(C)S(=O)(=O)c1ccc(NCC(=O)NC2(C#N)CCCCCC2)cc1. The molecule has 1 aliphatic carbocycles. The van der Waals surface area contributed by atoms with Crippen LogP contribution in [0.1, 0.15) is 38.5 Å². The summed E-state index contributed by atoms with van der Waals surface area (Å²) in [6.07, 6.45) is 6.95. The van der Waals surface area contributed by atoms with Crippen molar-refractivity contribution in [2.45, 2.75) is 49.0 Å². The van der Waals surface area contributed by atoms with E-state index < -0.39 is 15.6 Å². The van der Waals surface area contributed by atoms with Gasteiger partial charge in [0.1, 0.15) is 5.54 Å². The lowest BCUT2D eigenvalue weighted by molar-refractivity contribution is -0.120. The van der Waals surface area contributed by atoms with E-state index in [1.54, 1.807) is 12.1 Å². The lowest BCUT2D eigenvalue weighted by atomic mass is 9.92. The van der Waals surface area contributed by atoms with Crippen molar-refractivity contribution in [3.05, 3.63) is 36.9 Å². The average Bonchev–Trinajstić information content (AvgIpc) is 2.93. The van der Waals surface area contributed by atoms with Crippen molar-refractivity contribution in [3.63, 3.8) is 0 Å². The number of likely N-dealkylation sites (N-methyl/N-ethyl adjacent to an activating group) is 1. The van der Waals surface area contributed by atoms with Gasteiger partial charge in [0.2, 0.25) is 15.9 Å². The van der Waals surface area contributed by atoms with Gasteiger partial charge in [0.05, 0.1) is 17.5 Å². The van der Waals surface area contributed by atoms with Gasteiger partial charge in [-0.1, -0.05) is 31.8 Å². The molecule has 1 fully saturated rings. The van der Waals surface area contributed by atoms with Crippen LogP contribution in [-0.2, 0) is 14.8 Å². The van der Waals surface area contributed by atoms with Gasteiger partial charge >= 0.3 is 0 Å². The fourth-order valence-electron chi connectivity index (χ4n) is 3.29.